The molecule has 3 rings (SSSR count). The zero-order valence-corrected chi connectivity index (χ0v) is 13.0. The standard InChI is InChI=1S/C19H15FN2O2/c1-12(21-22-19(24)14-6-4-7-15(20)11-14)16-10-9-13-5-2-3-8-17(13)18(16)23/h2-11,23H,1H3,(H,22,24)/b21-12+. The smallest absolute Gasteiger partial charge is 0.271 e. The normalized spacial score (nSPS) is 11.5. The van der Waals surface area contributed by atoms with Crippen LogP contribution in [0.2, 0.25) is 0 Å². The highest BCUT2D eigenvalue weighted by molar-refractivity contribution is 6.07. The van der Waals surface area contributed by atoms with E-state index in [9.17, 15) is 14.3 Å². The highest BCUT2D eigenvalue weighted by atomic mass is 19.1. The highest BCUT2D eigenvalue weighted by Gasteiger charge is 2.10. The average molecular weight is 322 g/mol. The third-order valence-corrected chi connectivity index (χ3v) is 3.70. The first kappa shape index (κ1) is 15.7. The molecule has 24 heavy (non-hydrogen) atoms. The maximum absolute atomic E-state index is 13.1. The van der Waals surface area contributed by atoms with Gasteiger partial charge in [0.1, 0.15) is 11.6 Å². The van der Waals surface area contributed by atoms with Gasteiger partial charge in [-0.2, -0.15) is 5.10 Å². The van der Waals surface area contributed by atoms with E-state index in [1.54, 1.807) is 13.0 Å². The summed E-state index contributed by atoms with van der Waals surface area (Å²) >= 11 is 0. The van der Waals surface area contributed by atoms with Crippen molar-refractivity contribution in [1.29, 1.82) is 0 Å². The zero-order chi connectivity index (χ0) is 17.1. The van der Waals surface area contributed by atoms with Crippen LogP contribution in [-0.2, 0) is 0 Å². The number of fused-ring (bicyclic) bond motifs is 1. The first-order valence-electron chi connectivity index (χ1n) is 7.37. The Balaban J connectivity index is 1.86. The monoisotopic (exact) mass is 322 g/mol. The number of hydrogen-bond acceptors (Lipinski definition) is 3. The van der Waals surface area contributed by atoms with Crippen molar-refractivity contribution < 1.29 is 14.3 Å². The molecule has 4 nitrogen and oxygen atoms in total. The fourth-order valence-electron chi connectivity index (χ4n) is 2.44. The Bertz CT molecular complexity index is 951. The van der Waals surface area contributed by atoms with Crippen molar-refractivity contribution in [3.63, 3.8) is 0 Å². The van der Waals surface area contributed by atoms with E-state index >= 15 is 0 Å². The summed E-state index contributed by atoms with van der Waals surface area (Å²) in [7, 11) is 0. The number of carbonyl (C=O) groups excluding carboxylic acids is 1. The first-order valence-corrected chi connectivity index (χ1v) is 7.37. The SMILES string of the molecule is C/C(=N\NC(=O)c1cccc(F)c1)c1ccc2ccccc2c1O. The number of phenols is 1. The Labute approximate surface area is 138 Å². The maximum atomic E-state index is 13.1. The number of carbonyl (C=O) groups is 1. The second-order valence-corrected chi connectivity index (χ2v) is 5.33. The number of aromatic hydroxyl groups is 1. The molecule has 120 valence electrons. The molecule has 3 aromatic carbocycles. The third-order valence-electron chi connectivity index (χ3n) is 3.70. The van der Waals surface area contributed by atoms with Gasteiger partial charge in [-0.05, 0) is 36.6 Å². The van der Waals surface area contributed by atoms with E-state index in [0.29, 0.717) is 16.7 Å². The lowest BCUT2D eigenvalue weighted by atomic mass is 10.0. The molecule has 0 fully saturated rings. The number of nitrogens with zero attached hydrogens (tertiary/aromatic N) is 1. The minimum Gasteiger partial charge on any atom is -0.507 e. The van der Waals surface area contributed by atoms with Crippen molar-refractivity contribution in [2.75, 3.05) is 0 Å². The van der Waals surface area contributed by atoms with Crippen LogP contribution in [0.5, 0.6) is 5.75 Å². The van der Waals surface area contributed by atoms with Crippen molar-refractivity contribution in [1.82, 2.24) is 5.43 Å². The highest BCUT2D eigenvalue weighted by Crippen LogP contribution is 2.28. The molecule has 0 saturated carbocycles. The van der Waals surface area contributed by atoms with Crippen LogP contribution >= 0.6 is 0 Å². The molecule has 0 bridgehead atoms. The van der Waals surface area contributed by atoms with Crippen LogP contribution in [0.3, 0.4) is 0 Å². The van der Waals surface area contributed by atoms with Crippen LogP contribution in [0, 0.1) is 5.82 Å². The Morgan fingerprint density at radius 1 is 1.08 bits per heavy atom. The van der Waals surface area contributed by atoms with Gasteiger partial charge in [0.25, 0.3) is 5.91 Å². The van der Waals surface area contributed by atoms with Crippen molar-refractivity contribution in [2.24, 2.45) is 5.10 Å². The maximum Gasteiger partial charge on any atom is 0.271 e. The number of nitrogens with one attached hydrogen (secondary N) is 1. The Morgan fingerprint density at radius 3 is 2.67 bits per heavy atom. The Morgan fingerprint density at radius 2 is 1.88 bits per heavy atom. The number of amides is 1. The molecule has 0 spiro atoms. The third kappa shape index (κ3) is 3.10. The molecule has 0 aliphatic carbocycles. The summed E-state index contributed by atoms with van der Waals surface area (Å²) in [5.41, 5.74) is 3.51. The molecule has 0 aromatic heterocycles. The molecular weight excluding hydrogens is 307 g/mol. The average Bonchev–Trinajstić information content (AvgIpc) is 2.60. The van der Waals surface area contributed by atoms with Crippen LogP contribution < -0.4 is 5.43 Å². The van der Waals surface area contributed by atoms with E-state index in [4.69, 9.17) is 0 Å². The van der Waals surface area contributed by atoms with Gasteiger partial charge in [-0.1, -0.05) is 36.4 Å². The van der Waals surface area contributed by atoms with Gasteiger partial charge in [0.15, 0.2) is 0 Å². The van der Waals surface area contributed by atoms with Gasteiger partial charge in [-0.3, -0.25) is 4.79 Å². The Hall–Kier alpha value is -3.21. The summed E-state index contributed by atoms with van der Waals surface area (Å²) < 4.78 is 13.1. The first-order chi connectivity index (χ1) is 11.6. The molecule has 0 aliphatic heterocycles. The van der Waals surface area contributed by atoms with E-state index in [2.05, 4.69) is 10.5 Å². The van der Waals surface area contributed by atoms with Crippen molar-refractivity contribution in [3.8, 4) is 5.75 Å². The quantitative estimate of drug-likeness (QED) is 0.568. The van der Waals surface area contributed by atoms with Gasteiger partial charge in [-0.15, -0.1) is 0 Å². The van der Waals surface area contributed by atoms with E-state index < -0.39 is 11.7 Å². The van der Waals surface area contributed by atoms with Crippen LogP contribution in [-0.4, -0.2) is 16.7 Å². The second kappa shape index (κ2) is 6.50. The fourth-order valence-corrected chi connectivity index (χ4v) is 2.44. The van der Waals surface area contributed by atoms with Gasteiger partial charge < -0.3 is 5.11 Å². The predicted octanol–water partition coefficient (Wildman–Crippen LogP) is 3.84. The summed E-state index contributed by atoms with van der Waals surface area (Å²) in [6.07, 6.45) is 0. The minimum absolute atomic E-state index is 0.106. The zero-order valence-electron chi connectivity index (χ0n) is 13.0. The lowest BCUT2D eigenvalue weighted by Gasteiger charge is -2.08. The summed E-state index contributed by atoms with van der Waals surface area (Å²) in [5.74, 6) is -0.904. The fraction of sp³-hybridized carbons (Fsp3) is 0.0526. The Kier molecular flexibility index (Phi) is 4.24. The number of halogens is 1. The molecule has 2 N–H and O–H groups in total. The molecule has 5 heteroatoms. The topological polar surface area (TPSA) is 61.7 Å². The largest absolute Gasteiger partial charge is 0.507 e. The van der Waals surface area contributed by atoms with Gasteiger partial charge in [0.05, 0.1) is 5.71 Å². The van der Waals surface area contributed by atoms with E-state index in [1.165, 1.54) is 18.2 Å². The molecule has 0 saturated heterocycles. The number of phenolic OH excluding ortho intramolecular Hbond substituents is 1. The summed E-state index contributed by atoms with van der Waals surface area (Å²) in [4.78, 5) is 12.0. The van der Waals surface area contributed by atoms with Gasteiger partial charge >= 0.3 is 0 Å². The number of benzene rings is 3. The molecule has 0 radical (unpaired) electrons. The van der Waals surface area contributed by atoms with Crippen LogP contribution in [0.1, 0.15) is 22.8 Å². The van der Waals surface area contributed by atoms with Crippen molar-refractivity contribution >= 4 is 22.4 Å². The van der Waals surface area contributed by atoms with Crippen LogP contribution in [0.15, 0.2) is 65.8 Å². The van der Waals surface area contributed by atoms with E-state index in [0.717, 1.165) is 11.5 Å². The van der Waals surface area contributed by atoms with Gasteiger partial charge in [0.2, 0.25) is 0 Å². The molecule has 0 atom stereocenters. The number of rotatable bonds is 3. The second-order valence-electron chi connectivity index (χ2n) is 5.33. The van der Waals surface area contributed by atoms with Crippen LogP contribution in [0.25, 0.3) is 10.8 Å². The van der Waals surface area contributed by atoms with Crippen molar-refractivity contribution in [3.05, 3.63) is 77.6 Å². The molecule has 0 unspecified atom stereocenters. The molecule has 1 amide bonds. The van der Waals surface area contributed by atoms with Crippen molar-refractivity contribution in [2.45, 2.75) is 6.92 Å². The van der Waals surface area contributed by atoms with Gasteiger partial charge in [-0.25, -0.2) is 9.82 Å². The molecule has 0 aliphatic rings. The van der Waals surface area contributed by atoms with E-state index in [-0.39, 0.29) is 11.3 Å². The lowest BCUT2D eigenvalue weighted by Crippen LogP contribution is -2.19. The van der Waals surface area contributed by atoms with Crippen LogP contribution in [0.4, 0.5) is 4.39 Å². The molecule has 0 heterocycles. The summed E-state index contributed by atoms with van der Waals surface area (Å²) in [6, 6.07) is 16.4. The summed E-state index contributed by atoms with van der Waals surface area (Å²) in [6.45, 7) is 1.68. The number of hydrogen-bond donors (Lipinski definition) is 2. The predicted molar refractivity (Wildman–Crippen MR) is 91.7 cm³/mol. The molecular formula is C19H15FN2O2. The number of hydrazone groups is 1. The lowest BCUT2D eigenvalue weighted by molar-refractivity contribution is 0.0954. The summed E-state index contributed by atoms with van der Waals surface area (Å²) in [5, 5.41) is 16.0. The minimum atomic E-state index is -0.519. The van der Waals surface area contributed by atoms with E-state index in [1.807, 2.05) is 30.3 Å². The molecule has 3 aromatic rings. The van der Waals surface area contributed by atoms with Gasteiger partial charge in [0, 0.05) is 16.5 Å².